The van der Waals surface area contributed by atoms with E-state index < -0.39 is 27.4 Å². The standard InChI is InChI=1S/C17H13BrF3NO3S/c1-16(23,17(19,20)21)11-9-14(18)13-7-8-22(15(13)10-11)26(24,25)12-5-3-2-4-6-12/h2-10,23H,1H3. The van der Waals surface area contributed by atoms with E-state index in [2.05, 4.69) is 15.9 Å². The van der Waals surface area contributed by atoms with E-state index in [9.17, 15) is 26.7 Å². The van der Waals surface area contributed by atoms with Crippen molar-refractivity contribution in [3.05, 3.63) is 64.8 Å². The summed E-state index contributed by atoms with van der Waals surface area (Å²) in [6.45, 7) is 0.625. The smallest absolute Gasteiger partial charge is 0.376 e. The summed E-state index contributed by atoms with van der Waals surface area (Å²) >= 11 is 3.16. The second kappa shape index (κ2) is 6.11. The Bertz CT molecular complexity index is 1070. The number of rotatable bonds is 3. The second-order valence-corrected chi connectivity index (χ2v) is 8.56. The molecule has 138 valence electrons. The average Bonchev–Trinajstić information content (AvgIpc) is 3.00. The fourth-order valence-electron chi connectivity index (χ4n) is 2.53. The molecule has 1 aromatic heterocycles. The molecule has 2 aromatic carbocycles. The Balaban J connectivity index is 2.28. The molecule has 9 heteroatoms. The van der Waals surface area contributed by atoms with E-state index in [1.165, 1.54) is 24.4 Å². The predicted molar refractivity (Wildman–Crippen MR) is 94.3 cm³/mol. The molecule has 0 saturated carbocycles. The maximum absolute atomic E-state index is 13.2. The summed E-state index contributed by atoms with van der Waals surface area (Å²) in [5.41, 5.74) is -3.56. The van der Waals surface area contributed by atoms with Gasteiger partial charge < -0.3 is 5.11 Å². The van der Waals surface area contributed by atoms with Crippen LogP contribution in [-0.2, 0) is 15.6 Å². The van der Waals surface area contributed by atoms with Gasteiger partial charge in [0.25, 0.3) is 10.0 Å². The number of nitrogens with zero attached hydrogens (tertiary/aromatic N) is 1. The van der Waals surface area contributed by atoms with E-state index in [-0.39, 0.29) is 14.9 Å². The molecule has 0 aliphatic heterocycles. The first-order valence-electron chi connectivity index (χ1n) is 7.37. The molecular weight excluding hydrogens is 435 g/mol. The molecule has 1 heterocycles. The van der Waals surface area contributed by atoms with E-state index in [1.54, 1.807) is 18.2 Å². The van der Waals surface area contributed by atoms with Gasteiger partial charge in [0, 0.05) is 16.1 Å². The summed E-state index contributed by atoms with van der Waals surface area (Å²) in [6, 6.07) is 11.2. The fraction of sp³-hybridized carbons (Fsp3) is 0.176. The molecule has 0 aliphatic rings. The largest absolute Gasteiger partial charge is 0.421 e. The molecule has 0 radical (unpaired) electrons. The maximum atomic E-state index is 13.2. The number of aliphatic hydroxyl groups is 1. The van der Waals surface area contributed by atoms with Crippen molar-refractivity contribution in [2.75, 3.05) is 0 Å². The number of benzene rings is 2. The first-order chi connectivity index (χ1) is 12.0. The lowest BCUT2D eigenvalue weighted by molar-refractivity contribution is -0.258. The van der Waals surface area contributed by atoms with E-state index in [1.807, 2.05) is 0 Å². The number of hydrogen-bond acceptors (Lipinski definition) is 3. The molecular formula is C17H13BrF3NO3S. The van der Waals surface area contributed by atoms with Crippen LogP contribution in [0.2, 0.25) is 0 Å². The number of fused-ring (bicyclic) bond motifs is 1. The van der Waals surface area contributed by atoms with E-state index in [4.69, 9.17) is 0 Å². The van der Waals surface area contributed by atoms with Crippen LogP contribution in [0.5, 0.6) is 0 Å². The van der Waals surface area contributed by atoms with Gasteiger partial charge in [-0.05, 0) is 42.8 Å². The maximum Gasteiger partial charge on any atom is 0.421 e. The van der Waals surface area contributed by atoms with Crippen LogP contribution in [0.3, 0.4) is 0 Å². The summed E-state index contributed by atoms with van der Waals surface area (Å²) in [7, 11) is -4.00. The van der Waals surface area contributed by atoms with Crippen molar-refractivity contribution >= 4 is 36.9 Å². The van der Waals surface area contributed by atoms with Gasteiger partial charge in [0.15, 0.2) is 5.60 Å². The topological polar surface area (TPSA) is 59.3 Å². The van der Waals surface area contributed by atoms with Crippen LogP contribution in [0.25, 0.3) is 10.9 Å². The van der Waals surface area contributed by atoms with Crippen LogP contribution in [0.4, 0.5) is 13.2 Å². The Morgan fingerprint density at radius 3 is 2.27 bits per heavy atom. The Morgan fingerprint density at radius 2 is 1.69 bits per heavy atom. The van der Waals surface area contributed by atoms with E-state index in [0.29, 0.717) is 12.3 Å². The molecule has 26 heavy (non-hydrogen) atoms. The van der Waals surface area contributed by atoms with Crippen LogP contribution in [0.15, 0.2) is 64.1 Å². The van der Waals surface area contributed by atoms with Crippen molar-refractivity contribution in [1.29, 1.82) is 0 Å². The Morgan fingerprint density at radius 1 is 1.08 bits per heavy atom. The summed E-state index contributed by atoms with van der Waals surface area (Å²) in [4.78, 5) is 0.00149. The average molecular weight is 448 g/mol. The lowest BCUT2D eigenvalue weighted by atomic mass is 9.94. The Kier molecular flexibility index (Phi) is 4.45. The zero-order valence-electron chi connectivity index (χ0n) is 13.3. The lowest BCUT2D eigenvalue weighted by Gasteiger charge is -2.27. The minimum Gasteiger partial charge on any atom is -0.376 e. The molecule has 1 atom stereocenters. The van der Waals surface area contributed by atoms with Crippen molar-refractivity contribution in [3.8, 4) is 0 Å². The molecule has 0 spiro atoms. The highest BCUT2D eigenvalue weighted by molar-refractivity contribution is 9.10. The minimum atomic E-state index is -4.92. The van der Waals surface area contributed by atoms with E-state index >= 15 is 0 Å². The van der Waals surface area contributed by atoms with Gasteiger partial charge in [-0.2, -0.15) is 13.2 Å². The van der Waals surface area contributed by atoms with Crippen molar-refractivity contribution < 1.29 is 26.7 Å². The molecule has 4 nitrogen and oxygen atoms in total. The third-order valence-electron chi connectivity index (χ3n) is 4.14. The lowest BCUT2D eigenvalue weighted by Crippen LogP contribution is -2.39. The molecule has 1 N–H and O–H groups in total. The number of halogens is 4. The van der Waals surface area contributed by atoms with Gasteiger partial charge in [0.05, 0.1) is 10.4 Å². The first kappa shape index (κ1) is 18.9. The van der Waals surface area contributed by atoms with Crippen molar-refractivity contribution in [1.82, 2.24) is 3.97 Å². The third kappa shape index (κ3) is 2.93. The molecule has 3 rings (SSSR count). The highest BCUT2D eigenvalue weighted by Crippen LogP contribution is 2.41. The normalized spacial score (nSPS) is 15.2. The SMILES string of the molecule is CC(O)(c1cc(Br)c2ccn(S(=O)(=O)c3ccccc3)c2c1)C(F)(F)F. The van der Waals surface area contributed by atoms with Gasteiger partial charge in [-0.25, -0.2) is 12.4 Å². The molecule has 1 unspecified atom stereocenters. The van der Waals surface area contributed by atoms with Crippen LogP contribution in [-0.4, -0.2) is 23.7 Å². The number of aromatic nitrogens is 1. The Labute approximate surface area is 156 Å². The van der Waals surface area contributed by atoms with Crippen molar-refractivity contribution in [2.45, 2.75) is 23.6 Å². The van der Waals surface area contributed by atoms with Gasteiger partial charge in [-0.15, -0.1) is 0 Å². The van der Waals surface area contributed by atoms with Gasteiger partial charge in [0.1, 0.15) is 0 Å². The quantitative estimate of drug-likeness (QED) is 0.646. The second-order valence-electron chi connectivity index (χ2n) is 5.89. The predicted octanol–water partition coefficient (Wildman–Crippen LogP) is 4.41. The van der Waals surface area contributed by atoms with Crippen LogP contribution >= 0.6 is 15.9 Å². The monoisotopic (exact) mass is 447 g/mol. The highest BCUT2D eigenvalue weighted by Gasteiger charge is 2.51. The van der Waals surface area contributed by atoms with Crippen LogP contribution in [0.1, 0.15) is 12.5 Å². The third-order valence-corrected chi connectivity index (χ3v) is 6.50. The molecule has 0 bridgehead atoms. The van der Waals surface area contributed by atoms with Gasteiger partial charge in [-0.3, -0.25) is 0 Å². The molecule has 0 amide bonds. The molecule has 0 saturated heterocycles. The molecule has 0 aliphatic carbocycles. The Hall–Kier alpha value is -1.84. The number of hydrogen-bond donors (Lipinski definition) is 1. The van der Waals surface area contributed by atoms with Crippen molar-refractivity contribution in [2.24, 2.45) is 0 Å². The zero-order valence-corrected chi connectivity index (χ0v) is 15.7. The van der Waals surface area contributed by atoms with Crippen LogP contribution in [0, 0.1) is 0 Å². The molecule has 0 fully saturated rings. The van der Waals surface area contributed by atoms with Gasteiger partial charge >= 0.3 is 6.18 Å². The summed E-state index contributed by atoms with van der Waals surface area (Å²) in [5.74, 6) is 0. The van der Waals surface area contributed by atoms with Crippen LogP contribution < -0.4 is 0 Å². The minimum absolute atomic E-state index is 0.00149. The van der Waals surface area contributed by atoms with Crippen molar-refractivity contribution in [3.63, 3.8) is 0 Å². The first-order valence-corrected chi connectivity index (χ1v) is 9.60. The van der Waals surface area contributed by atoms with Gasteiger partial charge in [0.2, 0.25) is 0 Å². The number of alkyl halides is 3. The summed E-state index contributed by atoms with van der Waals surface area (Å²) in [5, 5.41) is 10.4. The fourth-order valence-corrected chi connectivity index (χ4v) is 4.47. The van der Waals surface area contributed by atoms with Gasteiger partial charge in [-0.1, -0.05) is 34.1 Å². The van der Waals surface area contributed by atoms with E-state index in [0.717, 1.165) is 16.1 Å². The summed E-state index contributed by atoms with van der Waals surface area (Å²) in [6.07, 6.45) is -3.65. The zero-order chi connectivity index (χ0) is 19.3. The highest BCUT2D eigenvalue weighted by atomic mass is 79.9. The summed E-state index contributed by atoms with van der Waals surface area (Å²) < 4.78 is 66.4. The molecule has 3 aromatic rings.